The maximum absolute atomic E-state index is 2.55. The molecule has 0 saturated heterocycles. The van der Waals surface area contributed by atoms with E-state index in [1.807, 2.05) is 11.3 Å². The first kappa shape index (κ1) is 30.5. The van der Waals surface area contributed by atoms with Crippen molar-refractivity contribution in [1.82, 2.24) is 4.57 Å². The summed E-state index contributed by atoms with van der Waals surface area (Å²) in [6.07, 6.45) is 0. The van der Waals surface area contributed by atoms with Crippen LogP contribution in [-0.2, 0) is 0 Å². The highest BCUT2D eigenvalue weighted by Crippen LogP contribution is 2.49. The molecule has 0 amide bonds. The second-order valence-electron chi connectivity index (χ2n) is 14.5. The third-order valence-electron chi connectivity index (χ3n) is 11.5. The highest BCUT2D eigenvalue weighted by molar-refractivity contribution is 7.27. The minimum Gasteiger partial charge on any atom is -0.310 e. The molecule has 256 valence electrons. The van der Waals surface area contributed by atoms with Crippen molar-refractivity contribution in [3.8, 4) is 5.69 Å². The fourth-order valence-corrected chi connectivity index (χ4v) is 10.3. The predicted octanol–water partition coefficient (Wildman–Crippen LogP) is 15.2. The Kier molecular flexibility index (Phi) is 6.54. The van der Waals surface area contributed by atoms with Gasteiger partial charge in [-0.1, -0.05) is 140 Å². The summed E-state index contributed by atoms with van der Waals surface area (Å²) in [5.74, 6) is 0. The largest absolute Gasteiger partial charge is 0.310 e. The Morgan fingerprint density at radius 3 is 1.60 bits per heavy atom. The van der Waals surface area contributed by atoms with Crippen LogP contribution in [0, 0.1) is 0 Å². The smallest absolute Gasteiger partial charge is 0.0726 e. The first-order chi connectivity index (χ1) is 27.3. The minimum atomic E-state index is 1.12. The van der Waals surface area contributed by atoms with Crippen molar-refractivity contribution in [2.24, 2.45) is 0 Å². The van der Waals surface area contributed by atoms with E-state index in [0.29, 0.717) is 0 Å². The molecular formula is C52H32N2S. The Morgan fingerprint density at radius 1 is 0.364 bits per heavy atom. The Labute approximate surface area is 321 Å². The normalized spacial score (nSPS) is 12.0. The Bertz CT molecular complexity index is 3430. The number of benzene rings is 10. The summed E-state index contributed by atoms with van der Waals surface area (Å²) < 4.78 is 5.18. The van der Waals surface area contributed by atoms with E-state index in [-0.39, 0.29) is 0 Å². The SMILES string of the molecule is c1ccc2cc(N(c3ccc4ccccc4c3)c3ccc4c(c3)c3c5ccccc5c5c6ccccc6sc5c3n4-c3cccc4ccccc34)ccc2c1. The van der Waals surface area contributed by atoms with Crippen LogP contribution >= 0.6 is 11.3 Å². The van der Waals surface area contributed by atoms with Crippen LogP contribution in [0.5, 0.6) is 0 Å². The van der Waals surface area contributed by atoms with Crippen LogP contribution in [0.25, 0.3) is 90.8 Å². The first-order valence-electron chi connectivity index (χ1n) is 18.8. The van der Waals surface area contributed by atoms with E-state index in [0.717, 1.165) is 17.1 Å². The summed E-state index contributed by atoms with van der Waals surface area (Å²) in [7, 11) is 0. The topological polar surface area (TPSA) is 8.17 Å². The second kappa shape index (κ2) is 11.8. The van der Waals surface area contributed by atoms with E-state index in [1.54, 1.807) is 0 Å². The van der Waals surface area contributed by atoms with Gasteiger partial charge in [0.05, 0.1) is 21.4 Å². The number of hydrogen-bond donors (Lipinski definition) is 0. The zero-order chi connectivity index (χ0) is 36.0. The molecule has 0 radical (unpaired) electrons. The van der Waals surface area contributed by atoms with Gasteiger partial charge in [0.25, 0.3) is 0 Å². The van der Waals surface area contributed by atoms with Crippen molar-refractivity contribution in [3.05, 3.63) is 194 Å². The van der Waals surface area contributed by atoms with E-state index in [2.05, 4.69) is 204 Å². The Balaban J connectivity index is 1.24. The van der Waals surface area contributed by atoms with Crippen LogP contribution in [0.4, 0.5) is 17.1 Å². The third kappa shape index (κ3) is 4.54. The third-order valence-corrected chi connectivity index (χ3v) is 12.7. The molecule has 2 aromatic heterocycles. The van der Waals surface area contributed by atoms with Gasteiger partial charge in [0.2, 0.25) is 0 Å². The van der Waals surface area contributed by atoms with Crippen LogP contribution in [-0.4, -0.2) is 4.57 Å². The maximum atomic E-state index is 2.55. The van der Waals surface area contributed by atoms with E-state index in [9.17, 15) is 0 Å². The number of hydrogen-bond acceptors (Lipinski definition) is 2. The van der Waals surface area contributed by atoms with Gasteiger partial charge in [-0.3, -0.25) is 0 Å². The lowest BCUT2D eigenvalue weighted by Gasteiger charge is -2.26. The van der Waals surface area contributed by atoms with Crippen molar-refractivity contribution in [2.75, 3.05) is 4.90 Å². The van der Waals surface area contributed by atoms with Gasteiger partial charge in [0.15, 0.2) is 0 Å². The zero-order valence-corrected chi connectivity index (χ0v) is 30.6. The molecule has 0 atom stereocenters. The molecule has 0 bridgehead atoms. The predicted molar refractivity (Wildman–Crippen MR) is 238 cm³/mol. The highest BCUT2D eigenvalue weighted by atomic mass is 32.1. The lowest BCUT2D eigenvalue weighted by Crippen LogP contribution is -2.10. The molecule has 0 saturated carbocycles. The molecule has 0 spiro atoms. The van der Waals surface area contributed by atoms with Gasteiger partial charge >= 0.3 is 0 Å². The van der Waals surface area contributed by atoms with Gasteiger partial charge in [-0.2, -0.15) is 0 Å². The zero-order valence-electron chi connectivity index (χ0n) is 29.8. The van der Waals surface area contributed by atoms with Gasteiger partial charge in [0, 0.05) is 48.7 Å². The van der Waals surface area contributed by atoms with Gasteiger partial charge in [-0.15, -0.1) is 11.3 Å². The molecule has 0 fully saturated rings. The fraction of sp³-hybridized carbons (Fsp3) is 0. The number of fused-ring (bicyclic) bond motifs is 13. The number of thiophene rings is 1. The minimum absolute atomic E-state index is 1.12. The van der Waals surface area contributed by atoms with E-state index in [1.165, 1.54) is 90.8 Å². The van der Waals surface area contributed by atoms with Gasteiger partial charge in [0.1, 0.15) is 0 Å². The summed E-state index contributed by atoms with van der Waals surface area (Å²) in [4.78, 5) is 2.43. The number of rotatable bonds is 4. The average molecular weight is 717 g/mol. The van der Waals surface area contributed by atoms with Crippen LogP contribution in [0.1, 0.15) is 0 Å². The molecule has 0 unspecified atom stereocenters. The van der Waals surface area contributed by atoms with Crippen LogP contribution in [0.15, 0.2) is 194 Å². The molecule has 2 nitrogen and oxygen atoms in total. The summed E-state index contributed by atoms with van der Waals surface area (Å²) in [5.41, 5.74) is 7.03. The molecule has 12 rings (SSSR count). The summed E-state index contributed by atoms with van der Waals surface area (Å²) in [6.45, 7) is 0. The molecule has 0 aliphatic heterocycles. The highest BCUT2D eigenvalue weighted by Gasteiger charge is 2.24. The standard InChI is InChI=1S/C52H32N2S/c1-3-15-36-30-38(26-24-33(36)12-1)53(39-27-25-34-13-2-4-16-37(34)31-39)40-28-29-47-45(32-40)49-42-19-7-8-20-43(42)50-44-21-9-10-23-48(44)55-52(50)51(49)54(47)46-22-11-17-35-14-5-6-18-41(35)46/h1-32H. The van der Waals surface area contributed by atoms with E-state index < -0.39 is 0 Å². The average Bonchev–Trinajstić information content (AvgIpc) is 3.80. The van der Waals surface area contributed by atoms with E-state index in [4.69, 9.17) is 0 Å². The monoisotopic (exact) mass is 716 g/mol. The van der Waals surface area contributed by atoms with Crippen molar-refractivity contribution >= 4 is 113 Å². The number of anilines is 3. The number of aromatic nitrogens is 1. The Morgan fingerprint density at radius 2 is 0.891 bits per heavy atom. The van der Waals surface area contributed by atoms with Crippen LogP contribution in [0.2, 0.25) is 0 Å². The van der Waals surface area contributed by atoms with E-state index >= 15 is 0 Å². The molecule has 0 aliphatic rings. The van der Waals surface area contributed by atoms with Crippen molar-refractivity contribution < 1.29 is 0 Å². The summed E-state index contributed by atoms with van der Waals surface area (Å²) >= 11 is 1.91. The Hall–Kier alpha value is -6.94. The van der Waals surface area contributed by atoms with Gasteiger partial charge in [-0.05, 0) is 92.3 Å². The molecular weight excluding hydrogens is 685 g/mol. The van der Waals surface area contributed by atoms with Crippen LogP contribution < -0.4 is 4.90 Å². The van der Waals surface area contributed by atoms with Crippen molar-refractivity contribution in [2.45, 2.75) is 0 Å². The maximum Gasteiger partial charge on any atom is 0.0726 e. The van der Waals surface area contributed by atoms with Crippen molar-refractivity contribution in [3.63, 3.8) is 0 Å². The molecule has 2 heterocycles. The molecule has 0 aliphatic carbocycles. The molecule has 0 N–H and O–H groups in total. The molecule has 12 aromatic rings. The summed E-state index contributed by atoms with van der Waals surface area (Å²) in [6, 6.07) is 71.5. The van der Waals surface area contributed by atoms with Crippen LogP contribution in [0.3, 0.4) is 0 Å². The quantitative estimate of drug-likeness (QED) is 0.176. The lowest BCUT2D eigenvalue weighted by atomic mass is 9.98. The second-order valence-corrected chi connectivity index (χ2v) is 15.6. The molecule has 55 heavy (non-hydrogen) atoms. The molecule has 10 aromatic carbocycles. The summed E-state index contributed by atoms with van der Waals surface area (Å²) in [5, 5.41) is 15.1. The van der Waals surface area contributed by atoms with Gasteiger partial charge < -0.3 is 9.47 Å². The van der Waals surface area contributed by atoms with Gasteiger partial charge in [-0.25, -0.2) is 0 Å². The lowest BCUT2D eigenvalue weighted by molar-refractivity contribution is 1.20. The number of nitrogens with zero attached hydrogens (tertiary/aromatic N) is 2. The fourth-order valence-electron chi connectivity index (χ4n) is 9.04. The molecule has 3 heteroatoms. The van der Waals surface area contributed by atoms with Crippen molar-refractivity contribution in [1.29, 1.82) is 0 Å². The first-order valence-corrected chi connectivity index (χ1v) is 19.7.